The summed E-state index contributed by atoms with van der Waals surface area (Å²) in [6.45, 7) is 5.85. The third-order valence-electron chi connectivity index (χ3n) is 2.53. The number of nitrogens with zero attached hydrogens (tertiary/aromatic N) is 1. The Bertz CT molecular complexity index is 327. The Balaban J connectivity index is 2.82. The summed E-state index contributed by atoms with van der Waals surface area (Å²) in [4.78, 5) is 15.0. The van der Waals surface area contributed by atoms with Gasteiger partial charge in [0.25, 0.3) is 0 Å². The maximum Gasteiger partial charge on any atom is 0.307 e. The Labute approximate surface area is 90.2 Å². The van der Waals surface area contributed by atoms with Gasteiger partial charge in [-0.3, -0.25) is 9.78 Å². The fraction of sp³-hybridized carbons (Fsp3) is 0.500. The first-order chi connectivity index (χ1) is 6.91. The van der Waals surface area contributed by atoms with Crippen molar-refractivity contribution in [2.45, 2.75) is 27.2 Å². The molecule has 82 valence electrons. The van der Waals surface area contributed by atoms with Crippen molar-refractivity contribution in [1.29, 1.82) is 0 Å². The lowest BCUT2D eigenvalue weighted by Gasteiger charge is -2.27. The molecule has 0 radical (unpaired) electrons. The highest BCUT2D eigenvalue weighted by molar-refractivity contribution is 5.71. The molecule has 0 saturated heterocycles. The SMILES string of the molecule is CC(C)(C)C(Cc1ccncc1)C(=O)O. The smallest absolute Gasteiger partial charge is 0.307 e. The molecule has 15 heavy (non-hydrogen) atoms. The van der Waals surface area contributed by atoms with Crippen LogP contribution in [0.3, 0.4) is 0 Å². The molecule has 1 unspecified atom stereocenters. The van der Waals surface area contributed by atoms with E-state index in [9.17, 15) is 4.79 Å². The highest BCUT2D eigenvalue weighted by atomic mass is 16.4. The van der Waals surface area contributed by atoms with Crippen LogP contribution in [0.5, 0.6) is 0 Å². The topological polar surface area (TPSA) is 50.2 Å². The molecular weight excluding hydrogens is 190 g/mol. The van der Waals surface area contributed by atoms with Crippen LogP contribution in [-0.2, 0) is 11.2 Å². The Morgan fingerprint density at radius 2 is 1.93 bits per heavy atom. The van der Waals surface area contributed by atoms with Gasteiger partial charge in [-0.2, -0.15) is 0 Å². The van der Waals surface area contributed by atoms with Crippen molar-refractivity contribution in [3.63, 3.8) is 0 Å². The second-order valence-corrected chi connectivity index (χ2v) is 4.82. The van der Waals surface area contributed by atoms with Gasteiger partial charge in [-0.15, -0.1) is 0 Å². The van der Waals surface area contributed by atoms with E-state index in [1.807, 2.05) is 32.9 Å². The molecule has 0 aliphatic heterocycles. The van der Waals surface area contributed by atoms with E-state index in [0.717, 1.165) is 5.56 Å². The van der Waals surface area contributed by atoms with Crippen LogP contribution in [0.2, 0.25) is 0 Å². The Morgan fingerprint density at radius 1 is 1.40 bits per heavy atom. The molecule has 0 aromatic carbocycles. The lowest BCUT2D eigenvalue weighted by Crippen LogP contribution is -2.30. The molecule has 3 heteroatoms. The zero-order chi connectivity index (χ0) is 11.5. The number of aromatic nitrogens is 1. The third-order valence-corrected chi connectivity index (χ3v) is 2.53. The fourth-order valence-corrected chi connectivity index (χ4v) is 1.52. The van der Waals surface area contributed by atoms with Crippen LogP contribution in [0.1, 0.15) is 26.3 Å². The second kappa shape index (κ2) is 4.43. The van der Waals surface area contributed by atoms with Crippen molar-refractivity contribution in [2.75, 3.05) is 0 Å². The van der Waals surface area contributed by atoms with Crippen molar-refractivity contribution in [1.82, 2.24) is 4.98 Å². The van der Waals surface area contributed by atoms with E-state index in [4.69, 9.17) is 5.11 Å². The lowest BCUT2D eigenvalue weighted by molar-refractivity contribution is -0.145. The number of aliphatic carboxylic acids is 1. The van der Waals surface area contributed by atoms with Crippen molar-refractivity contribution in [2.24, 2.45) is 11.3 Å². The number of pyridine rings is 1. The first-order valence-electron chi connectivity index (χ1n) is 5.03. The van der Waals surface area contributed by atoms with Crippen molar-refractivity contribution in [3.8, 4) is 0 Å². The van der Waals surface area contributed by atoms with Gasteiger partial charge in [-0.25, -0.2) is 0 Å². The highest BCUT2D eigenvalue weighted by Gasteiger charge is 2.30. The Morgan fingerprint density at radius 3 is 2.33 bits per heavy atom. The molecule has 0 aliphatic carbocycles. The van der Waals surface area contributed by atoms with E-state index in [1.165, 1.54) is 0 Å². The largest absolute Gasteiger partial charge is 0.481 e. The summed E-state index contributed by atoms with van der Waals surface area (Å²) in [5.74, 6) is -1.10. The third kappa shape index (κ3) is 3.35. The van der Waals surface area contributed by atoms with Crippen LogP contribution in [0.25, 0.3) is 0 Å². The number of rotatable bonds is 3. The first-order valence-corrected chi connectivity index (χ1v) is 5.03. The predicted molar refractivity (Wildman–Crippen MR) is 58.5 cm³/mol. The second-order valence-electron chi connectivity index (χ2n) is 4.82. The molecule has 1 heterocycles. The number of carbonyl (C=O) groups is 1. The molecular formula is C12H17NO2. The van der Waals surface area contributed by atoms with E-state index in [1.54, 1.807) is 12.4 Å². The molecule has 1 rings (SSSR count). The first kappa shape index (κ1) is 11.7. The molecule has 0 aliphatic rings. The van der Waals surface area contributed by atoms with E-state index < -0.39 is 5.97 Å². The quantitative estimate of drug-likeness (QED) is 0.827. The van der Waals surface area contributed by atoms with Crippen LogP contribution in [-0.4, -0.2) is 16.1 Å². The summed E-state index contributed by atoms with van der Waals surface area (Å²) in [6, 6.07) is 3.73. The monoisotopic (exact) mass is 207 g/mol. The maximum atomic E-state index is 11.1. The van der Waals surface area contributed by atoms with Crippen LogP contribution >= 0.6 is 0 Å². The minimum absolute atomic E-state index is 0.227. The van der Waals surface area contributed by atoms with Crippen molar-refractivity contribution < 1.29 is 9.90 Å². The van der Waals surface area contributed by atoms with Gasteiger partial charge in [0.15, 0.2) is 0 Å². The van der Waals surface area contributed by atoms with Gasteiger partial charge >= 0.3 is 5.97 Å². The van der Waals surface area contributed by atoms with E-state index in [2.05, 4.69) is 4.98 Å². The molecule has 1 aromatic rings. The zero-order valence-corrected chi connectivity index (χ0v) is 9.40. The number of hydrogen-bond donors (Lipinski definition) is 1. The van der Waals surface area contributed by atoms with Gasteiger partial charge in [0.05, 0.1) is 5.92 Å². The predicted octanol–water partition coefficient (Wildman–Crippen LogP) is 2.37. The maximum absolute atomic E-state index is 11.1. The standard InChI is InChI=1S/C12H17NO2/c1-12(2,3)10(11(14)15)8-9-4-6-13-7-5-9/h4-7,10H,8H2,1-3H3,(H,14,15). The molecule has 3 nitrogen and oxygen atoms in total. The van der Waals surface area contributed by atoms with Crippen molar-refractivity contribution in [3.05, 3.63) is 30.1 Å². The minimum atomic E-state index is -0.737. The number of carboxylic acid groups (broad SMARTS) is 1. The Kier molecular flexibility index (Phi) is 3.45. The molecule has 1 N–H and O–H groups in total. The van der Waals surface area contributed by atoms with Gasteiger partial charge in [0.1, 0.15) is 0 Å². The van der Waals surface area contributed by atoms with E-state index >= 15 is 0 Å². The zero-order valence-electron chi connectivity index (χ0n) is 9.40. The van der Waals surface area contributed by atoms with Gasteiger partial charge in [0, 0.05) is 12.4 Å². The number of hydrogen-bond acceptors (Lipinski definition) is 2. The lowest BCUT2D eigenvalue weighted by atomic mass is 9.77. The summed E-state index contributed by atoms with van der Waals surface area (Å²) in [6.07, 6.45) is 3.94. The summed E-state index contributed by atoms with van der Waals surface area (Å²) in [5.41, 5.74) is 0.794. The Hall–Kier alpha value is -1.38. The van der Waals surface area contributed by atoms with Gasteiger partial charge < -0.3 is 5.11 Å². The molecule has 0 spiro atoms. The molecule has 0 amide bonds. The molecule has 1 aromatic heterocycles. The van der Waals surface area contributed by atoms with Crippen LogP contribution in [0.15, 0.2) is 24.5 Å². The van der Waals surface area contributed by atoms with Gasteiger partial charge in [-0.1, -0.05) is 20.8 Å². The van der Waals surface area contributed by atoms with E-state index in [-0.39, 0.29) is 11.3 Å². The average molecular weight is 207 g/mol. The van der Waals surface area contributed by atoms with Crippen molar-refractivity contribution >= 4 is 5.97 Å². The summed E-state index contributed by atoms with van der Waals surface area (Å²) in [5, 5.41) is 9.15. The number of carboxylic acids is 1. The normalized spacial score (nSPS) is 13.5. The van der Waals surface area contributed by atoms with Crippen LogP contribution in [0.4, 0.5) is 0 Å². The molecule has 0 saturated carbocycles. The molecule has 0 fully saturated rings. The highest BCUT2D eigenvalue weighted by Crippen LogP contribution is 2.29. The van der Waals surface area contributed by atoms with Crippen LogP contribution in [0, 0.1) is 11.3 Å². The minimum Gasteiger partial charge on any atom is -0.481 e. The molecule has 1 atom stereocenters. The summed E-state index contributed by atoms with van der Waals surface area (Å²) < 4.78 is 0. The summed E-state index contributed by atoms with van der Waals surface area (Å²) >= 11 is 0. The van der Waals surface area contributed by atoms with Gasteiger partial charge in [-0.05, 0) is 29.5 Å². The van der Waals surface area contributed by atoms with Crippen LogP contribution < -0.4 is 0 Å². The van der Waals surface area contributed by atoms with E-state index in [0.29, 0.717) is 6.42 Å². The fourth-order valence-electron chi connectivity index (χ4n) is 1.52. The molecule has 0 bridgehead atoms. The van der Waals surface area contributed by atoms with Gasteiger partial charge in [0.2, 0.25) is 0 Å². The average Bonchev–Trinajstić information content (AvgIpc) is 2.13. The summed E-state index contributed by atoms with van der Waals surface area (Å²) in [7, 11) is 0.